The highest BCUT2D eigenvalue weighted by Gasteiger charge is 2.33. The Balaban J connectivity index is 4.95. The zero-order valence-electron chi connectivity index (χ0n) is 12.7. The number of esters is 1. The van der Waals surface area contributed by atoms with Gasteiger partial charge in [0.25, 0.3) is 17.9 Å². The first kappa shape index (κ1) is 17.4. The van der Waals surface area contributed by atoms with E-state index in [0.717, 1.165) is 6.92 Å². The summed E-state index contributed by atoms with van der Waals surface area (Å²) < 4.78 is 4.80. The van der Waals surface area contributed by atoms with E-state index in [0.29, 0.717) is 0 Å². The third-order valence-corrected chi connectivity index (χ3v) is 1.76. The first-order valence-electron chi connectivity index (χ1n) is 6.13. The SMILES string of the molecule is CC(=O)OC(C(=O)NC(C)(C)C)C(=O)NC(C)(C)C. The van der Waals surface area contributed by atoms with Crippen LogP contribution in [-0.4, -0.2) is 35.0 Å². The number of carbonyl (C=O) groups is 3. The van der Waals surface area contributed by atoms with Crippen LogP contribution in [0, 0.1) is 0 Å². The van der Waals surface area contributed by atoms with Crippen molar-refractivity contribution in [1.29, 1.82) is 0 Å². The molecule has 0 radical (unpaired) electrons. The van der Waals surface area contributed by atoms with Gasteiger partial charge in [0.1, 0.15) is 0 Å². The fraction of sp³-hybridized carbons (Fsp3) is 0.769. The zero-order valence-corrected chi connectivity index (χ0v) is 12.7. The van der Waals surface area contributed by atoms with Crippen molar-refractivity contribution in [3.63, 3.8) is 0 Å². The summed E-state index contributed by atoms with van der Waals surface area (Å²) in [6.45, 7) is 11.8. The van der Waals surface area contributed by atoms with Gasteiger partial charge in [-0.2, -0.15) is 0 Å². The van der Waals surface area contributed by atoms with Crippen molar-refractivity contribution in [1.82, 2.24) is 10.6 Å². The normalized spacial score (nSPS) is 12.0. The Kier molecular flexibility index (Phi) is 5.53. The second kappa shape index (κ2) is 6.04. The number of hydrogen-bond acceptors (Lipinski definition) is 4. The minimum absolute atomic E-state index is 0.516. The number of nitrogens with one attached hydrogen (secondary N) is 2. The summed E-state index contributed by atoms with van der Waals surface area (Å²) in [5.74, 6) is -1.95. The maximum Gasteiger partial charge on any atom is 0.303 e. The van der Waals surface area contributed by atoms with Gasteiger partial charge in [0, 0.05) is 18.0 Å². The van der Waals surface area contributed by atoms with Crippen LogP contribution >= 0.6 is 0 Å². The highest BCUT2D eigenvalue weighted by atomic mass is 16.6. The van der Waals surface area contributed by atoms with Crippen LogP contribution in [0.4, 0.5) is 0 Å². The fourth-order valence-electron chi connectivity index (χ4n) is 1.26. The molecule has 0 aliphatic heterocycles. The summed E-state index contributed by atoms with van der Waals surface area (Å²) in [6.07, 6.45) is -1.48. The number of amides is 2. The zero-order chi connectivity index (χ0) is 15.4. The predicted molar refractivity (Wildman–Crippen MR) is 71.3 cm³/mol. The summed E-state index contributed by atoms with van der Waals surface area (Å²) >= 11 is 0. The van der Waals surface area contributed by atoms with Crippen LogP contribution in [0.2, 0.25) is 0 Å². The first-order chi connectivity index (χ1) is 8.32. The third kappa shape index (κ3) is 8.18. The Bertz CT molecular complexity index is 336. The molecule has 6 nitrogen and oxygen atoms in total. The van der Waals surface area contributed by atoms with Gasteiger partial charge in [-0.05, 0) is 41.5 Å². The van der Waals surface area contributed by atoms with Crippen molar-refractivity contribution < 1.29 is 19.1 Å². The van der Waals surface area contributed by atoms with Gasteiger partial charge >= 0.3 is 5.97 Å². The molecule has 0 bridgehead atoms. The Morgan fingerprint density at radius 2 is 1.16 bits per heavy atom. The highest BCUT2D eigenvalue weighted by Crippen LogP contribution is 2.05. The van der Waals surface area contributed by atoms with Gasteiger partial charge in [0.15, 0.2) is 0 Å². The molecule has 19 heavy (non-hydrogen) atoms. The lowest BCUT2D eigenvalue weighted by molar-refractivity contribution is -0.161. The predicted octanol–water partition coefficient (Wildman–Crippen LogP) is 0.747. The molecular weight excluding hydrogens is 248 g/mol. The van der Waals surface area contributed by atoms with Crippen molar-refractivity contribution in [2.45, 2.75) is 65.6 Å². The van der Waals surface area contributed by atoms with Gasteiger partial charge < -0.3 is 15.4 Å². The third-order valence-electron chi connectivity index (χ3n) is 1.76. The summed E-state index contributed by atoms with van der Waals surface area (Å²) in [5, 5.41) is 5.23. The molecule has 2 N–H and O–H groups in total. The maximum absolute atomic E-state index is 12.0. The molecule has 0 saturated carbocycles. The van der Waals surface area contributed by atoms with Gasteiger partial charge in [0.2, 0.25) is 0 Å². The van der Waals surface area contributed by atoms with Crippen LogP contribution in [0.15, 0.2) is 0 Å². The van der Waals surface area contributed by atoms with Gasteiger partial charge in [-0.15, -0.1) is 0 Å². The number of ether oxygens (including phenoxy) is 1. The lowest BCUT2D eigenvalue weighted by Gasteiger charge is -2.27. The van der Waals surface area contributed by atoms with E-state index in [9.17, 15) is 14.4 Å². The largest absolute Gasteiger partial charge is 0.442 e. The molecule has 0 aliphatic rings. The minimum Gasteiger partial charge on any atom is -0.442 e. The van der Waals surface area contributed by atoms with E-state index in [1.807, 2.05) is 0 Å². The molecular formula is C13H24N2O4. The Morgan fingerprint density at radius 3 is 1.37 bits per heavy atom. The summed E-state index contributed by atoms with van der Waals surface area (Å²) in [6, 6.07) is 0. The molecule has 0 spiro atoms. The quantitative estimate of drug-likeness (QED) is 0.586. The van der Waals surface area contributed by atoms with Crippen LogP contribution in [0.1, 0.15) is 48.5 Å². The highest BCUT2D eigenvalue weighted by molar-refractivity contribution is 6.05. The minimum atomic E-state index is -1.48. The summed E-state index contributed by atoms with van der Waals surface area (Å²) in [7, 11) is 0. The molecule has 2 amide bonds. The van der Waals surface area contributed by atoms with Crippen molar-refractivity contribution in [3.8, 4) is 0 Å². The molecule has 0 heterocycles. The van der Waals surface area contributed by atoms with Crippen molar-refractivity contribution in [2.24, 2.45) is 0 Å². The lowest BCUT2D eigenvalue weighted by Crippen LogP contribution is -2.55. The molecule has 0 unspecified atom stereocenters. The maximum atomic E-state index is 12.0. The Labute approximate surface area is 114 Å². The lowest BCUT2D eigenvalue weighted by atomic mass is 10.1. The number of hydrogen-bond donors (Lipinski definition) is 2. The van der Waals surface area contributed by atoms with E-state index in [1.165, 1.54) is 0 Å². The summed E-state index contributed by atoms with van der Waals surface area (Å²) in [5.41, 5.74) is -1.03. The molecule has 0 atom stereocenters. The Hall–Kier alpha value is -1.59. The average molecular weight is 272 g/mol. The number of rotatable bonds is 3. The van der Waals surface area contributed by atoms with E-state index in [4.69, 9.17) is 4.74 Å². The Morgan fingerprint density at radius 1 is 0.842 bits per heavy atom. The average Bonchev–Trinajstić information content (AvgIpc) is 2.07. The van der Waals surface area contributed by atoms with Gasteiger partial charge in [-0.25, -0.2) is 0 Å². The molecule has 6 heteroatoms. The molecule has 0 rings (SSSR count). The number of carbonyl (C=O) groups excluding carboxylic acids is 3. The van der Waals surface area contributed by atoms with E-state index >= 15 is 0 Å². The van der Waals surface area contributed by atoms with Crippen LogP contribution < -0.4 is 10.6 Å². The molecule has 0 saturated heterocycles. The molecule has 0 fully saturated rings. The van der Waals surface area contributed by atoms with Crippen LogP contribution in [0.5, 0.6) is 0 Å². The van der Waals surface area contributed by atoms with E-state index < -0.39 is 35.0 Å². The molecule has 0 aromatic heterocycles. The van der Waals surface area contributed by atoms with Crippen molar-refractivity contribution in [3.05, 3.63) is 0 Å². The molecule has 110 valence electrons. The van der Waals surface area contributed by atoms with Crippen LogP contribution in [-0.2, 0) is 19.1 Å². The summed E-state index contributed by atoms with van der Waals surface area (Å²) in [4.78, 5) is 35.0. The van der Waals surface area contributed by atoms with Crippen molar-refractivity contribution in [2.75, 3.05) is 0 Å². The second-order valence-corrected chi connectivity index (χ2v) is 6.47. The van der Waals surface area contributed by atoms with E-state index in [2.05, 4.69) is 10.6 Å². The second-order valence-electron chi connectivity index (χ2n) is 6.47. The van der Waals surface area contributed by atoms with Crippen LogP contribution in [0.25, 0.3) is 0 Å². The van der Waals surface area contributed by atoms with Crippen molar-refractivity contribution >= 4 is 17.8 Å². The van der Waals surface area contributed by atoms with E-state index in [-0.39, 0.29) is 0 Å². The molecule has 0 aliphatic carbocycles. The standard InChI is InChI=1S/C13H24N2O4/c1-8(16)19-9(10(17)14-12(2,3)4)11(18)15-13(5,6)7/h9H,1-7H3,(H,14,17)(H,15,18). The van der Waals surface area contributed by atoms with E-state index in [1.54, 1.807) is 41.5 Å². The smallest absolute Gasteiger partial charge is 0.303 e. The topological polar surface area (TPSA) is 84.5 Å². The molecule has 0 aromatic carbocycles. The first-order valence-corrected chi connectivity index (χ1v) is 6.13. The van der Waals surface area contributed by atoms with Gasteiger partial charge in [-0.1, -0.05) is 0 Å². The van der Waals surface area contributed by atoms with Gasteiger partial charge in [0.05, 0.1) is 0 Å². The molecule has 0 aromatic rings. The fourth-order valence-corrected chi connectivity index (χ4v) is 1.26. The van der Waals surface area contributed by atoms with Crippen LogP contribution in [0.3, 0.4) is 0 Å². The van der Waals surface area contributed by atoms with Gasteiger partial charge in [-0.3, -0.25) is 14.4 Å². The monoisotopic (exact) mass is 272 g/mol.